The summed E-state index contributed by atoms with van der Waals surface area (Å²) in [6.45, 7) is 3.92. The van der Waals surface area contributed by atoms with Crippen LogP contribution < -0.4 is 10.6 Å². The van der Waals surface area contributed by atoms with Crippen molar-refractivity contribution in [1.29, 1.82) is 0 Å². The van der Waals surface area contributed by atoms with E-state index in [1.165, 1.54) is 10.1 Å². The normalized spacial score (nSPS) is 22.9. The molecule has 106 valence electrons. The lowest BCUT2D eigenvalue weighted by atomic mass is 9.77. The third kappa shape index (κ3) is 2.45. The lowest BCUT2D eigenvalue weighted by molar-refractivity contribution is -0.126. The second-order valence-corrected chi connectivity index (χ2v) is 6.49. The van der Waals surface area contributed by atoms with E-state index < -0.39 is 0 Å². The average molecular weight is 288 g/mol. The van der Waals surface area contributed by atoms with Gasteiger partial charge in [0.05, 0.1) is 5.41 Å². The summed E-state index contributed by atoms with van der Waals surface area (Å²) in [5.41, 5.74) is 0.654. The van der Waals surface area contributed by atoms with E-state index in [9.17, 15) is 4.79 Å². The molecule has 3 nitrogen and oxygen atoms in total. The number of carbonyl (C=O) groups is 1. The molecule has 3 rings (SSSR count). The first-order valence-electron chi connectivity index (χ1n) is 7.23. The summed E-state index contributed by atoms with van der Waals surface area (Å²) >= 11 is 1.72. The van der Waals surface area contributed by atoms with Gasteiger partial charge in [0, 0.05) is 16.9 Å². The number of hydrogen-bond donors (Lipinski definition) is 2. The number of amides is 1. The smallest absolute Gasteiger partial charge is 0.231 e. The summed E-state index contributed by atoms with van der Waals surface area (Å²) in [5.74, 6) is 0.154. The van der Waals surface area contributed by atoms with E-state index in [0.29, 0.717) is 0 Å². The SMILES string of the molecule is CCC1(C(=O)Nc2ccc3sccc3c2)CCCNC1. The fourth-order valence-electron chi connectivity index (χ4n) is 2.93. The second kappa shape index (κ2) is 5.54. The molecule has 20 heavy (non-hydrogen) atoms. The van der Waals surface area contributed by atoms with Crippen molar-refractivity contribution in [2.45, 2.75) is 26.2 Å². The predicted molar refractivity (Wildman–Crippen MR) is 85.3 cm³/mol. The van der Waals surface area contributed by atoms with E-state index in [-0.39, 0.29) is 11.3 Å². The highest BCUT2D eigenvalue weighted by Crippen LogP contribution is 2.32. The highest BCUT2D eigenvalue weighted by molar-refractivity contribution is 7.17. The highest BCUT2D eigenvalue weighted by atomic mass is 32.1. The molecule has 0 saturated carbocycles. The van der Waals surface area contributed by atoms with Crippen molar-refractivity contribution in [2.24, 2.45) is 5.41 Å². The molecule has 1 amide bonds. The summed E-state index contributed by atoms with van der Waals surface area (Å²) in [4.78, 5) is 12.6. The minimum absolute atomic E-state index is 0.154. The molecule has 2 N–H and O–H groups in total. The fraction of sp³-hybridized carbons (Fsp3) is 0.438. The number of anilines is 1. The van der Waals surface area contributed by atoms with Crippen LogP contribution in [-0.4, -0.2) is 19.0 Å². The number of piperidine rings is 1. The van der Waals surface area contributed by atoms with Gasteiger partial charge >= 0.3 is 0 Å². The zero-order valence-corrected chi connectivity index (χ0v) is 12.6. The second-order valence-electron chi connectivity index (χ2n) is 5.54. The molecule has 1 saturated heterocycles. The van der Waals surface area contributed by atoms with Gasteiger partial charge in [-0.15, -0.1) is 11.3 Å². The summed E-state index contributed by atoms with van der Waals surface area (Å²) in [7, 11) is 0. The first-order chi connectivity index (χ1) is 9.73. The van der Waals surface area contributed by atoms with Crippen LogP contribution in [0.25, 0.3) is 10.1 Å². The molecule has 2 heterocycles. The van der Waals surface area contributed by atoms with Gasteiger partial charge in [-0.1, -0.05) is 6.92 Å². The quantitative estimate of drug-likeness (QED) is 0.905. The summed E-state index contributed by atoms with van der Waals surface area (Å²) in [6.07, 6.45) is 2.93. The van der Waals surface area contributed by atoms with Crippen molar-refractivity contribution < 1.29 is 4.79 Å². The molecule has 2 aromatic rings. The third-order valence-corrected chi connectivity index (χ3v) is 5.24. The van der Waals surface area contributed by atoms with Crippen LogP contribution in [0.2, 0.25) is 0 Å². The molecule has 0 aliphatic carbocycles. The third-order valence-electron chi connectivity index (χ3n) is 4.34. The molecule has 1 aliphatic rings. The predicted octanol–water partition coefficient (Wildman–Crippen LogP) is 3.62. The Morgan fingerprint density at radius 3 is 3.10 bits per heavy atom. The molecule has 1 aliphatic heterocycles. The molecule has 4 heteroatoms. The van der Waals surface area contributed by atoms with E-state index >= 15 is 0 Å². The van der Waals surface area contributed by atoms with Crippen molar-refractivity contribution in [3.05, 3.63) is 29.6 Å². The van der Waals surface area contributed by atoms with Gasteiger partial charge in [0.1, 0.15) is 0 Å². The standard InChI is InChI=1S/C16H20N2OS/c1-2-16(7-3-8-17-11-16)15(19)18-13-4-5-14-12(10-13)6-9-20-14/h4-6,9-10,17H,2-3,7-8,11H2,1H3,(H,18,19). The van der Waals surface area contributed by atoms with Crippen molar-refractivity contribution >= 4 is 33.0 Å². The molecule has 1 aromatic carbocycles. The Morgan fingerprint density at radius 2 is 2.35 bits per heavy atom. The van der Waals surface area contributed by atoms with Gasteiger partial charge in [-0.3, -0.25) is 4.79 Å². The average Bonchev–Trinajstić information content (AvgIpc) is 2.95. The molecular formula is C16H20N2OS. The van der Waals surface area contributed by atoms with Crippen LogP contribution in [0.5, 0.6) is 0 Å². The van der Waals surface area contributed by atoms with Crippen molar-refractivity contribution in [1.82, 2.24) is 5.32 Å². The molecular weight excluding hydrogens is 268 g/mol. The Bertz CT molecular complexity index is 614. The summed E-state index contributed by atoms with van der Waals surface area (Å²) in [6, 6.07) is 8.22. The minimum Gasteiger partial charge on any atom is -0.326 e. The number of benzene rings is 1. The Morgan fingerprint density at radius 1 is 1.45 bits per heavy atom. The van der Waals surface area contributed by atoms with E-state index in [0.717, 1.165) is 38.0 Å². The van der Waals surface area contributed by atoms with Crippen LogP contribution in [-0.2, 0) is 4.79 Å². The van der Waals surface area contributed by atoms with Gasteiger partial charge in [0.15, 0.2) is 0 Å². The number of fused-ring (bicyclic) bond motifs is 1. The van der Waals surface area contributed by atoms with Crippen LogP contribution >= 0.6 is 11.3 Å². The van der Waals surface area contributed by atoms with Crippen LogP contribution in [0, 0.1) is 5.41 Å². The molecule has 1 atom stereocenters. The van der Waals surface area contributed by atoms with Crippen molar-refractivity contribution in [3.63, 3.8) is 0 Å². The minimum atomic E-state index is -0.248. The zero-order valence-electron chi connectivity index (χ0n) is 11.7. The maximum Gasteiger partial charge on any atom is 0.231 e. The highest BCUT2D eigenvalue weighted by Gasteiger charge is 2.37. The molecule has 0 radical (unpaired) electrons. The zero-order chi connectivity index (χ0) is 14.0. The maximum atomic E-state index is 12.6. The first-order valence-corrected chi connectivity index (χ1v) is 8.11. The Kier molecular flexibility index (Phi) is 3.76. The molecule has 1 unspecified atom stereocenters. The lowest BCUT2D eigenvalue weighted by Gasteiger charge is -2.35. The van der Waals surface area contributed by atoms with Crippen LogP contribution in [0.1, 0.15) is 26.2 Å². The summed E-state index contributed by atoms with van der Waals surface area (Å²) in [5, 5.41) is 9.74. The molecule has 0 spiro atoms. The van der Waals surface area contributed by atoms with E-state index in [4.69, 9.17) is 0 Å². The maximum absolute atomic E-state index is 12.6. The molecule has 1 aromatic heterocycles. The fourth-order valence-corrected chi connectivity index (χ4v) is 3.70. The van der Waals surface area contributed by atoms with E-state index in [1.807, 2.05) is 6.07 Å². The number of thiophene rings is 1. The Hall–Kier alpha value is -1.39. The topological polar surface area (TPSA) is 41.1 Å². The lowest BCUT2D eigenvalue weighted by Crippen LogP contribution is -2.47. The number of rotatable bonds is 3. The van der Waals surface area contributed by atoms with Crippen molar-refractivity contribution in [2.75, 3.05) is 18.4 Å². The Labute approximate surface area is 123 Å². The number of hydrogen-bond acceptors (Lipinski definition) is 3. The molecule has 1 fully saturated rings. The summed E-state index contributed by atoms with van der Waals surface area (Å²) < 4.78 is 1.26. The largest absolute Gasteiger partial charge is 0.326 e. The van der Waals surface area contributed by atoms with Gasteiger partial charge in [-0.25, -0.2) is 0 Å². The number of carbonyl (C=O) groups excluding carboxylic acids is 1. The van der Waals surface area contributed by atoms with Crippen LogP contribution in [0.3, 0.4) is 0 Å². The molecule has 0 bridgehead atoms. The van der Waals surface area contributed by atoms with Gasteiger partial charge in [-0.2, -0.15) is 0 Å². The van der Waals surface area contributed by atoms with E-state index in [2.05, 4.69) is 41.1 Å². The van der Waals surface area contributed by atoms with Gasteiger partial charge in [0.25, 0.3) is 0 Å². The number of nitrogens with one attached hydrogen (secondary N) is 2. The Balaban J connectivity index is 1.80. The van der Waals surface area contributed by atoms with E-state index in [1.54, 1.807) is 11.3 Å². The van der Waals surface area contributed by atoms with Crippen LogP contribution in [0.4, 0.5) is 5.69 Å². The van der Waals surface area contributed by atoms with Gasteiger partial charge in [-0.05, 0) is 60.8 Å². The van der Waals surface area contributed by atoms with Crippen molar-refractivity contribution in [3.8, 4) is 0 Å². The first kappa shape index (κ1) is 13.6. The van der Waals surface area contributed by atoms with Gasteiger partial charge < -0.3 is 10.6 Å². The van der Waals surface area contributed by atoms with Gasteiger partial charge in [0.2, 0.25) is 5.91 Å². The monoisotopic (exact) mass is 288 g/mol. The van der Waals surface area contributed by atoms with Crippen LogP contribution in [0.15, 0.2) is 29.6 Å².